The maximum Gasteiger partial charge on any atom is 0.229 e. The fraction of sp³-hybridized carbons (Fsp3) is 0.556. The van der Waals surface area contributed by atoms with Crippen LogP contribution in [0.2, 0.25) is 0 Å². The van der Waals surface area contributed by atoms with E-state index < -0.39 is 6.10 Å². The third-order valence-electron chi connectivity index (χ3n) is 4.92. The number of hydrogen-bond donors (Lipinski definition) is 1. The number of β-amino-alcohol motifs (C(OH)–C–C–N with tert-alkyl or cyclic N) is 1. The first-order valence-corrected chi connectivity index (χ1v) is 8.68. The zero-order valence-corrected chi connectivity index (χ0v) is 13.6. The lowest BCUT2D eigenvalue weighted by molar-refractivity contribution is 0.0940. The molecule has 2 fully saturated rings. The SMILES string of the molecule is O[C@@H](CN1CCC[C@H](c2noc(C3CC3)n2)C1)c1cccc(F)c1. The molecule has 1 aromatic heterocycles. The number of rotatable bonds is 5. The number of nitrogens with zero attached hydrogens (tertiary/aromatic N) is 3. The lowest BCUT2D eigenvalue weighted by atomic mass is 9.96. The molecule has 1 N–H and O–H groups in total. The van der Waals surface area contributed by atoms with Crippen LogP contribution >= 0.6 is 0 Å². The predicted octanol–water partition coefficient (Wildman–Crippen LogP) is 3.00. The van der Waals surface area contributed by atoms with Crippen molar-refractivity contribution in [1.29, 1.82) is 0 Å². The highest BCUT2D eigenvalue weighted by atomic mass is 19.1. The summed E-state index contributed by atoms with van der Waals surface area (Å²) in [5.74, 6) is 1.97. The fourth-order valence-corrected chi connectivity index (χ4v) is 3.41. The maximum atomic E-state index is 13.3. The smallest absolute Gasteiger partial charge is 0.229 e. The summed E-state index contributed by atoms with van der Waals surface area (Å²) in [4.78, 5) is 6.77. The fourth-order valence-electron chi connectivity index (χ4n) is 3.41. The molecule has 1 aliphatic heterocycles. The van der Waals surface area contributed by atoms with Crippen LogP contribution in [-0.2, 0) is 0 Å². The van der Waals surface area contributed by atoms with Crippen LogP contribution in [0.3, 0.4) is 0 Å². The average Bonchev–Trinajstić information content (AvgIpc) is 3.32. The van der Waals surface area contributed by atoms with E-state index in [-0.39, 0.29) is 11.7 Å². The Hall–Kier alpha value is -1.79. The molecule has 1 saturated carbocycles. The highest BCUT2D eigenvalue weighted by molar-refractivity contribution is 5.19. The molecule has 5 nitrogen and oxygen atoms in total. The molecule has 6 heteroatoms. The summed E-state index contributed by atoms with van der Waals surface area (Å²) in [5.41, 5.74) is 0.618. The zero-order chi connectivity index (χ0) is 16.5. The molecule has 2 aromatic rings. The van der Waals surface area contributed by atoms with Crippen molar-refractivity contribution in [2.75, 3.05) is 19.6 Å². The quantitative estimate of drug-likeness (QED) is 0.912. The Labute approximate surface area is 140 Å². The molecular weight excluding hydrogens is 309 g/mol. The average molecular weight is 331 g/mol. The number of likely N-dealkylation sites (tertiary alicyclic amines) is 1. The van der Waals surface area contributed by atoms with E-state index in [4.69, 9.17) is 4.52 Å². The van der Waals surface area contributed by atoms with E-state index in [9.17, 15) is 9.50 Å². The first kappa shape index (κ1) is 15.7. The molecule has 0 unspecified atom stereocenters. The third kappa shape index (κ3) is 3.49. The predicted molar refractivity (Wildman–Crippen MR) is 86.0 cm³/mol. The van der Waals surface area contributed by atoms with Crippen LogP contribution in [-0.4, -0.2) is 39.8 Å². The molecule has 2 aliphatic rings. The Morgan fingerprint density at radius 1 is 1.29 bits per heavy atom. The van der Waals surface area contributed by atoms with Crippen LogP contribution in [0.5, 0.6) is 0 Å². The van der Waals surface area contributed by atoms with Gasteiger partial charge in [-0.25, -0.2) is 4.39 Å². The van der Waals surface area contributed by atoms with Gasteiger partial charge in [0.05, 0.1) is 6.10 Å². The van der Waals surface area contributed by atoms with Crippen LogP contribution < -0.4 is 0 Å². The molecule has 4 rings (SSSR count). The molecule has 0 spiro atoms. The Bertz CT molecular complexity index is 701. The molecule has 1 aromatic carbocycles. The molecule has 0 bridgehead atoms. The van der Waals surface area contributed by atoms with Gasteiger partial charge in [-0.3, -0.25) is 4.90 Å². The van der Waals surface area contributed by atoms with E-state index in [1.54, 1.807) is 12.1 Å². The molecule has 128 valence electrons. The molecule has 1 saturated heterocycles. The van der Waals surface area contributed by atoms with Gasteiger partial charge in [0, 0.05) is 24.9 Å². The van der Waals surface area contributed by atoms with Crippen molar-refractivity contribution >= 4 is 0 Å². The summed E-state index contributed by atoms with van der Waals surface area (Å²) in [7, 11) is 0. The number of piperidine rings is 1. The van der Waals surface area contributed by atoms with Gasteiger partial charge in [-0.15, -0.1) is 0 Å². The number of aliphatic hydroxyl groups excluding tert-OH is 1. The van der Waals surface area contributed by atoms with Crippen LogP contribution in [0.25, 0.3) is 0 Å². The van der Waals surface area contributed by atoms with E-state index >= 15 is 0 Å². The number of aromatic nitrogens is 2. The van der Waals surface area contributed by atoms with Gasteiger partial charge < -0.3 is 9.63 Å². The minimum absolute atomic E-state index is 0.245. The van der Waals surface area contributed by atoms with Crippen molar-refractivity contribution in [3.63, 3.8) is 0 Å². The summed E-state index contributed by atoms with van der Waals surface area (Å²) in [6.07, 6.45) is 3.69. The Morgan fingerprint density at radius 3 is 2.96 bits per heavy atom. The monoisotopic (exact) mass is 331 g/mol. The van der Waals surface area contributed by atoms with Gasteiger partial charge in [0.1, 0.15) is 5.82 Å². The van der Waals surface area contributed by atoms with Gasteiger partial charge in [0.2, 0.25) is 5.89 Å². The second-order valence-corrected chi connectivity index (χ2v) is 6.93. The molecule has 1 aliphatic carbocycles. The van der Waals surface area contributed by atoms with E-state index in [0.29, 0.717) is 18.0 Å². The van der Waals surface area contributed by atoms with Gasteiger partial charge in [0.25, 0.3) is 0 Å². The van der Waals surface area contributed by atoms with Gasteiger partial charge in [-0.1, -0.05) is 17.3 Å². The Balaban J connectivity index is 1.38. The molecule has 0 amide bonds. The number of halogens is 1. The van der Waals surface area contributed by atoms with Crippen molar-refractivity contribution < 1.29 is 14.0 Å². The summed E-state index contributed by atoms with van der Waals surface area (Å²) < 4.78 is 18.7. The van der Waals surface area contributed by atoms with Crippen molar-refractivity contribution in [3.8, 4) is 0 Å². The van der Waals surface area contributed by atoms with Gasteiger partial charge in [-0.2, -0.15) is 4.98 Å². The summed E-state index contributed by atoms with van der Waals surface area (Å²) in [6, 6.07) is 6.18. The van der Waals surface area contributed by atoms with Crippen molar-refractivity contribution in [3.05, 3.63) is 47.4 Å². The molecule has 2 heterocycles. The Kier molecular flexibility index (Phi) is 4.33. The summed E-state index contributed by atoms with van der Waals surface area (Å²) in [5, 5.41) is 14.5. The highest BCUT2D eigenvalue weighted by Crippen LogP contribution is 2.39. The molecular formula is C18H22FN3O2. The maximum absolute atomic E-state index is 13.3. The van der Waals surface area contributed by atoms with E-state index in [0.717, 1.165) is 50.5 Å². The van der Waals surface area contributed by atoms with Crippen LogP contribution in [0.4, 0.5) is 4.39 Å². The number of aliphatic hydroxyl groups is 1. The Morgan fingerprint density at radius 2 is 2.17 bits per heavy atom. The lowest BCUT2D eigenvalue weighted by Gasteiger charge is -2.32. The lowest BCUT2D eigenvalue weighted by Crippen LogP contribution is -2.37. The highest BCUT2D eigenvalue weighted by Gasteiger charge is 2.32. The second-order valence-electron chi connectivity index (χ2n) is 6.93. The van der Waals surface area contributed by atoms with E-state index in [1.807, 2.05) is 0 Å². The minimum Gasteiger partial charge on any atom is -0.387 e. The van der Waals surface area contributed by atoms with Crippen LogP contribution in [0.15, 0.2) is 28.8 Å². The van der Waals surface area contributed by atoms with Gasteiger partial charge in [-0.05, 0) is 49.9 Å². The normalized spacial score (nSPS) is 23.3. The topological polar surface area (TPSA) is 62.4 Å². The number of hydrogen-bond acceptors (Lipinski definition) is 5. The van der Waals surface area contributed by atoms with Crippen LogP contribution in [0.1, 0.15) is 60.9 Å². The summed E-state index contributed by atoms with van der Waals surface area (Å²) in [6.45, 7) is 2.22. The first-order chi connectivity index (χ1) is 11.7. The van der Waals surface area contributed by atoms with Crippen molar-refractivity contribution in [2.45, 2.75) is 43.6 Å². The zero-order valence-electron chi connectivity index (χ0n) is 13.6. The van der Waals surface area contributed by atoms with Gasteiger partial charge in [0.15, 0.2) is 5.82 Å². The third-order valence-corrected chi connectivity index (χ3v) is 4.92. The van der Waals surface area contributed by atoms with Gasteiger partial charge >= 0.3 is 0 Å². The van der Waals surface area contributed by atoms with E-state index in [1.165, 1.54) is 12.1 Å². The largest absolute Gasteiger partial charge is 0.387 e. The molecule has 0 radical (unpaired) electrons. The van der Waals surface area contributed by atoms with E-state index in [2.05, 4.69) is 15.0 Å². The molecule has 24 heavy (non-hydrogen) atoms. The summed E-state index contributed by atoms with van der Waals surface area (Å²) >= 11 is 0. The minimum atomic E-state index is -0.688. The first-order valence-electron chi connectivity index (χ1n) is 8.68. The van der Waals surface area contributed by atoms with Crippen molar-refractivity contribution in [1.82, 2.24) is 15.0 Å². The second kappa shape index (κ2) is 6.61. The number of benzene rings is 1. The standard InChI is InChI=1S/C18H22FN3O2/c19-15-5-1-3-13(9-15)16(23)11-22-8-2-4-14(10-22)17-20-18(24-21-17)12-6-7-12/h1,3,5,9,12,14,16,23H,2,4,6-8,10-11H2/t14-,16-/m0/s1. The molecule has 2 atom stereocenters. The van der Waals surface area contributed by atoms with Crippen LogP contribution in [0, 0.1) is 5.82 Å². The van der Waals surface area contributed by atoms with Crippen molar-refractivity contribution in [2.24, 2.45) is 0 Å².